The van der Waals surface area contributed by atoms with Gasteiger partial charge in [0, 0.05) is 35.7 Å². The summed E-state index contributed by atoms with van der Waals surface area (Å²) in [5.74, 6) is 0.433. The summed E-state index contributed by atoms with van der Waals surface area (Å²) in [4.78, 5) is 37.5. The van der Waals surface area contributed by atoms with E-state index < -0.39 is 12.2 Å². The fourth-order valence-electron chi connectivity index (χ4n) is 3.90. The third-order valence-electron chi connectivity index (χ3n) is 5.50. The molecule has 8 nitrogen and oxygen atoms in total. The minimum absolute atomic E-state index is 0.225. The maximum Gasteiger partial charge on any atom is 0.328 e. The van der Waals surface area contributed by atoms with E-state index >= 15 is 0 Å². The predicted octanol–water partition coefficient (Wildman–Crippen LogP) is 2.43. The maximum atomic E-state index is 13.2. The number of ether oxygens (including phenoxy) is 1. The Bertz CT molecular complexity index is 897. The number of aliphatic imine (C=N–C) groups is 1. The van der Waals surface area contributed by atoms with Gasteiger partial charge >= 0.3 is 6.03 Å². The molecule has 1 fully saturated rings. The topological polar surface area (TPSA) is 68.7 Å². The second-order valence-corrected chi connectivity index (χ2v) is 7.93. The van der Waals surface area contributed by atoms with Gasteiger partial charge in [0.1, 0.15) is 0 Å². The number of rotatable bonds is 4. The average Bonchev–Trinajstić information content (AvgIpc) is 3.17. The number of anilines is 1. The van der Waals surface area contributed by atoms with E-state index in [1.807, 2.05) is 47.9 Å². The molecule has 0 bridgehead atoms. The van der Waals surface area contributed by atoms with Crippen molar-refractivity contribution < 1.29 is 14.3 Å². The Balaban J connectivity index is 1.73. The van der Waals surface area contributed by atoms with Crippen LogP contribution in [-0.2, 0) is 9.53 Å². The first kappa shape index (κ1) is 18.9. The summed E-state index contributed by atoms with van der Waals surface area (Å²) in [5.41, 5.74) is 2.92. The summed E-state index contributed by atoms with van der Waals surface area (Å²) >= 11 is 3.46. The zero-order valence-electron chi connectivity index (χ0n) is 16.2. The van der Waals surface area contributed by atoms with E-state index in [0.29, 0.717) is 12.6 Å². The highest BCUT2D eigenvalue weighted by molar-refractivity contribution is 9.10. The Morgan fingerprint density at radius 3 is 2.46 bits per heavy atom. The van der Waals surface area contributed by atoms with Gasteiger partial charge in [-0.25, -0.2) is 9.79 Å². The molecule has 4 rings (SSSR count). The highest BCUT2D eigenvalue weighted by Gasteiger charge is 2.55. The number of imide groups is 1. The van der Waals surface area contributed by atoms with Crippen LogP contribution in [0.2, 0.25) is 0 Å². The van der Waals surface area contributed by atoms with Crippen molar-refractivity contribution in [3.05, 3.63) is 40.1 Å². The Hall–Kier alpha value is -2.39. The van der Waals surface area contributed by atoms with Crippen molar-refractivity contribution >= 4 is 39.5 Å². The van der Waals surface area contributed by atoms with E-state index in [4.69, 9.17) is 9.73 Å². The zero-order valence-corrected chi connectivity index (χ0v) is 17.8. The van der Waals surface area contributed by atoms with Gasteiger partial charge in [0.15, 0.2) is 12.2 Å². The number of likely N-dealkylation sites (N-methyl/N-ethyl adjacent to an activating group) is 1. The van der Waals surface area contributed by atoms with Crippen molar-refractivity contribution in [1.82, 2.24) is 14.7 Å². The van der Waals surface area contributed by atoms with Crippen LogP contribution in [0, 0.1) is 0 Å². The van der Waals surface area contributed by atoms with Crippen molar-refractivity contribution in [2.24, 2.45) is 4.99 Å². The molecule has 9 heteroatoms. The van der Waals surface area contributed by atoms with Gasteiger partial charge in [-0.05, 0) is 38.1 Å². The van der Waals surface area contributed by atoms with E-state index in [9.17, 15) is 9.59 Å². The summed E-state index contributed by atoms with van der Waals surface area (Å²) in [7, 11) is 3.24. The fourth-order valence-corrected chi connectivity index (χ4v) is 4.16. The van der Waals surface area contributed by atoms with E-state index in [2.05, 4.69) is 15.9 Å². The Kier molecular flexibility index (Phi) is 4.67. The second kappa shape index (κ2) is 6.89. The molecule has 0 radical (unpaired) electrons. The van der Waals surface area contributed by atoms with E-state index in [1.54, 1.807) is 14.2 Å². The number of guanidine groups is 1. The van der Waals surface area contributed by atoms with E-state index in [-0.39, 0.29) is 18.5 Å². The van der Waals surface area contributed by atoms with Crippen LogP contribution in [0.15, 0.2) is 45.1 Å². The molecule has 0 aliphatic carbocycles. The van der Waals surface area contributed by atoms with E-state index in [0.717, 1.165) is 21.6 Å². The number of urea groups is 1. The minimum Gasteiger partial charge on any atom is -0.383 e. The molecule has 0 aromatic heterocycles. The van der Waals surface area contributed by atoms with Crippen LogP contribution in [-0.4, -0.2) is 72.1 Å². The van der Waals surface area contributed by atoms with Gasteiger partial charge < -0.3 is 9.64 Å². The van der Waals surface area contributed by atoms with Crippen LogP contribution in [0.4, 0.5) is 10.5 Å². The lowest BCUT2D eigenvalue weighted by atomic mass is 10.1. The molecule has 28 heavy (non-hydrogen) atoms. The van der Waals surface area contributed by atoms with Crippen molar-refractivity contribution in [2.75, 3.05) is 32.2 Å². The molecule has 3 aliphatic heterocycles. The lowest BCUT2D eigenvalue weighted by molar-refractivity contribution is -0.137. The summed E-state index contributed by atoms with van der Waals surface area (Å²) < 4.78 is 6.06. The first-order valence-corrected chi connectivity index (χ1v) is 9.83. The molecular formula is C19H22BrN5O3. The number of carbonyl (C=O) groups excluding carboxylic acids is 2. The highest BCUT2D eigenvalue weighted by Crippen LogP contribution is 2.40. The predicted molar refractivity (Wildman–Crippen MR) is 109 cm³/mol. The van der Waals surface area contributed by atoms with Gasteiger partial charge in [-0.3, -0.25) is 19.5 Å². The molecule has 1 saturated heterocycles. The lowest BCUT2D eigenvalue weighted by Crippen LogP contribution is -2.65. The molecule has 1 aromatic carbocycles. The molecule has 3 heterocycles. The third kappa shape index (κ3) is 2.64. The Morgan fingerprint density at radius 1 is 1.14 bits per heavy atom. The van der Waals surface area contributed by atoms with Gasteiger partial charge in [-0.15, -0.1) is 0 Å². The van der Waals surface area contributed by atoms with Crippen LogP contribution in [0.1, 0.15) is 13.8 Å². The quantitative estimate of drug-likeness (QED) is 0.708. The molecule has 1 aromatic rings. The van der Waals surface area contributed by atoms with Gasteiger partial charge in [0.2, 0.25) is 5.96 Å². The monoisotopic (exact) mass is 447 g/mol. The molecule has 2 unspecified atom stereocenters. The number of nitrogens with zero attached hydrogens (tertiary/aromatic N) is 5. The number of fused-ring (bicyclic) bond motifs is 3. The lowest BCUT2D eigenvalue weighted by Gasteiger charge is -2.40. The Morgan fingerprint density at radius 2 is 1.82 bits per heavy atom. The molecular weight excluding hydrogens is 426 g/mol. The molecule has 0 N–H and O–H groups in total. The standard InChI is InChI=1S/C19H22BrN5O3/c1-11-12(2)25-15-16(22(3)19(27)23(17(15)26)9-10-28-4)21-18(25)24(11)14-7-5-13(20)6-8-14/h5-8,15-16H,9-10H2,1-4H3. The maximum absolute atomic E-state index is 13.2. The average molecular weight is 448 g/mol. The number of carbonyl (C=O) groups is 2. The SMILES string of the molecule is COCCN1C(=O)C2C(N=C3N(c4ccc(Br)cc4)C(C)=C(C)N32)N(C)C1=O. The smallest absolute Gasteiger partial charge is 0.328 e. The summed E-state index contributed by atoms with van der Waals surface area (Å²) in [6.45, 7) is 4.52. The molecule has 3 amide bonds. The number of hydrogen-bond acceptors (Lipinski definition) is 6. The third-order valence-corrected chi connectivity index (χ3v) is 6.03. The normalized spacial score (nSPS) is 24.2. The summed E-state index contributed by atoms with van der Waals surface area (Å²) in [5, 5.41) is 0. The second-order valence-electron chi connectivity index (χ2n) is 7.02. The number of allylic oxidation sites excluding steroid dienone is 2. The van der Waals surface area contributed by atoms with Crippen molar-refractivity contribution in [2.45, 2.75) is 26.1 Å². The fraction of sp³-hybridized carbons (Fsp3) is 0.421. The van der Waals surface area contributed by atoms with Gasteiger partial charge in [-0.1, -0.05) is 15.9 Å². The minimum atomic E-state index is -0.565. The van der Waals surface area contributed by atoms with Gasteiger partial charge in [0.05, 0.1) is 13.2 Å². The molecule has 0 spiro atoms. The van der Waals surface area contributed by atoms with Crippen LogP contribution in [0.5, 0.6) is 0 Å². The summed E-state index contributed by atoms with van der Waals surface area (Å²) in [6, 6.07) is 7.02. The first-order valence-electron chi connectivity index (χ1n) is 9.04. The van der Waals surface area contributed by atoms with Crippen LogP contribution in [0.25, 0.3) is 0 Å². The molecule has 3 aliphatic rings. The first-order chi connectivity index (χ1) is 13.4. The molecule has 0 saturated carbocycles. The number of amides is 3. The molecule has 148 valence electrons. The summed E-state index contributed by atoms with van der Waals surface area (Å²) in [6.07, 6.45) is -0.546. The number of methoxy groups -OCH3 is 1. The van der Waals surface area contributed by atoms with Gasteiger partial charge in [-0.2, -0.15) is 0 Å². The number of hydrogen-bond donors (Lipinski definition) is 0. The van der Waals surface area contributed by atoms with Crippen molar-refractivity contribution in [3.63, 3.8) is 0 Å². The van der Waals surface area contributed by atoms with Gasteiger partial charge in [0.25, 0.3) is 5.91 Å². The number of benzene rings is 1. The van der Waals surface area contributed by atoms with Crippen LogP contribution >= 0.6 is 15.9 Å². The largest absolute Gasteiger partial charge is 0.383 e. The zero-order chi connectivity index (χ0) is 20.2. The van der Waals surface area contributed by atoms with Crippen LogP contribution < -0.4 is 4.90 Å². The van der Waals surface area contributed by atoms with Crippen LogP contribution in [0.3, 0.4) is 0 Å². The molecule has 2 atom stereocenters. The Labute approximate surface area is 172 Å². The van der Waals surface area contributed by atoms with Crippen molar-refractivity contribution in [1.29, 1.82) is 0 Å². The highest BCUT2D eigenvalue weighted by atomic mass is 79.9. The number of halogens is 1. The van der Waals surface area contributed by atoms with E-state index in [1.165, 1.54) is 9.80 Å². The van der Waals surface area contributed by atoms with Crippen molar-refractivity contribution in [3.8, 4) is 0 Å².